The molecule has 1 aromatic rings. The number of nitrogens with one attached hydrogen (secondary N) is 1. The van der Waals surface area contributed by atoms with Gasteiger partial charge in [0, 0.05) is 23.6 Å². The minimum absolute atomic E-state index is 0.0190. The maximum Gasteiger partial charge on any atom is 0.236 e. The van der Waals surface area contributed by atoms with Crippen LogP contribution >= 0.6 is 15.9 Å². The van der Waals surface area contributed by atoms with Crippen LogP contribution in [0.15, 0.2) is 22.7 Å². The van der Waals surface area contributed by atoms with Crippen LogP contribution in [0.25, 0.3) is 0 Å². The Hall–Kier alpha value is -0.940. The number of likely N-dealkylation sites (N-methyl/N-ethyl adjacent to an activating group) is 1. The Labute approximate surface area is 122 Å². The van der Waals surface area contributed by atoms with Gasteiger partial charge in [-0.25, -0.2) is 4.39 Å². The average molecular weight is 331 g/mol. The van der Waals surface area contributed by atoms with Gasteiger partial charge in [0.05, 0.1) is 6.54 Å². The fourth-order valence-corrected chi connectivity index (χ4v) is 2.59. The average Bonchev–Trinajstić information content (AvgIpc) is 2.37. The first kappa shape index (κ1) is 16.1. The van der Waals surface area contributed by atoms with Gasteiger partial charge >= 0.3 is 0 Å². The van der Waals surface area contributed by atoms with E-state index in [1.54, 1.807) is 11.0 Å². The van der Waals surface area contributed by atoms with Crippen LogP contribution < -0.4 is 5.32 Å². The smallest absolute Gasteiger partial charge is 0.236 e. The molecule has 0 saturated carbocycles. The maximum absolute atomic E-state index is 13.0. The van der Waals surface area contributed by atoms with Crippen LogP contribution in [0.4, 0.5) is 4.39 Å². The van der Waals surface area contributed by atoms with Gasteiger partial charge in [-0.2, -0.15) is 0 Å². The Morgan fingerprint density at radius 1 is 1.42 bits per heavy atom. The lowest BCUT2D eigenvalue weighted by Gasteiger charge is -2.21. The van der Waals surface area contributed by atoms with Gasteiger partial charge < -0.3 is 10.2 Å². The van der Waals surface area contributed by atoms with Crippen LogP contribution in [-0.2, 0) is 4.79 Å². The summed E-state index contributed by atoms with van der Waals surface area (Å²) >= 11 is 3.34. The summed E-state index contributed by atoms with van der Waals surface area (Å²) in [4.78, 5) is 13.6. The van der Waals surface area contributed by atoms with E-state index < -0.39 is 0 Å². The summed E-state index contributed by atoms with van der Waals surface area (Å²) in [5.74, 6) is -0.197. The standard InChI is InChI=1S/C14H20BrFN2O/c1-4-18(5-2)14(19)9-17-10(3)12-7-6-11(16)8-13(12)15/h6-8,10,17H,4-5,9H2,1-3H3. The first-order chi connectivity index (χ1) is 8.99. The van der Waals surface area contributed by atoms with Gasteiger partial charge in [-0.05, 0) is 38.5 Å². The summed E-state index contributed by atoms with van der Waals surface area (Å²) in [7, 11) is 0. The van der Waals surface area contributed by atoms with Crippen molar-refractivity contribution in [2.75, 3.05) is 19.6 Å². The van der Waals surface area contributed by atoms with E-state index in [1.807, 2.05) is 20.8 Å². The van der Waals surface area contributed by atoms with E-state index in [4.69, 9.17) is 0 Å². The van der Waals surface area contributed by atoms with Gasteiger partial charge in [-0.1, -0.05) is 22.0 Å². The normalized spacial score (nSPS) is 12.3. The summed E-state index contributed by atoms with van der Waals surface area (Å²) in [6, 6.07) is 4.55. The van der Waals surface area contributed by atoms with Gasteiger partial charge in [-0.3, -0.25) is 4.79 Å². The van der Waals surface area contributed by atoms with Crippen molar-refractivity contribution in [3.05, 3.63) is 34.1 Å². The Bertz CT molecular complexity index is 435. The van der Waals surface area contributed by atoms with E-state index in [9.17, 15) is 9.18 Å². The number of halogens is 2. The molecule has 5 heteroatoms. The number of hydrogen-bond acceptors (Lipinski definition) is 2. The molecule has 0 aliphatic heterocycles. The van der Waals surface area contributed by atoms with Crippen molar-refractivity contribution in [1.29, 1.82) is 0 Å². The van der Waals surface area contributed by atoms with Gasteiger partial charge in [0.2, 0.25) is 5.91 Å². The molecule has 0 aliphatic carbocycles. The Morgan fingerprint density at radius 2 is 2.05 bits per heavy atom. The van der Waals surface area contributed by atoms with E-state index in [1.165, 1.54) is 12.1 Å². The molecule has 106 valence electrons. The molecule has 3 nitrogen and oxygen atoms in total. The highest BCUT2D eigenvalue weighted by atomic mass is 79.9. The molecular formula is C14H20BrFN2O. The minimum Gasteiger partial charge on any atom is -0.342 e. The van der Waals surface area contributed by atoms with Crippen LogP contribution in [0.2, 0.25) is 0 Å². The molecule has 0 fully saturated rings. The third kappa shape index (κ3) is 4.58. The van der Waals surface area contributed by atoms with Crippen molar-refractivity contribution in [1.82, 2.24) is 10.2 Å². The van der Waals surface area contributed by atoms with Gasteiger partial charge in [0.1, 0.15) is 5.82 Å². The van der Waals surface area contributed by atoms with Crippen molar-refractivity contribution in [2.45, 2.75) is 26.8 Å². The third-order valence-electron chi connectivity index (χ3n) is 3.10. The van der Waals surface area contributed by atoms with E-state index >= 15 is 0 Å². The molecule has 0 radical (unpaired) electrons. The third-order valence-corrected chi connectivity index (χ3v) is 3.79. The first-order valence-electron chi connectivity index (χ1n) is 6.45. The van der Waals surface area contributed by atoms with E-state index in [0.29, 0.717) is 17.6 Å². The van der Waals surface area contributed by atoms with Crippen molar-refractivity contribution in [2.24, 2.45) is 0 Å². The highest BCUT2D eigenvalue weighted by molar-refractivity contribution is 9.10. The number of hydrogen-bond donors (Lipinski definition) is 1. The molecule has 0 spiro atoms. The van der Waals surface area contributed by atoms with Gasteiger partial charge in [-0.15, -0.1) is 0 Å². The predicted molar refractivity (Wildman–Crippen MR) is 78.4 cm³/mol. The van der Waals surface area contributed by atoms with Gasteiger partial charge in [0.25, 0.3) is 0 Å². The maximum atomic E-state index is 13.0. The number of carbonyl (C=O) groups excluding carboxylic acids is 1. The molecule has 1 amide bonds. The second-order valence-electron chi connectivity index (χ2n) is 4.33. The van der Waals surface area contributed by atoms with Crippen molar-refractivity contribution in [3.8, 4) is 0 Å². The summed E-state index contributed by atoms with van der Waals surface area (Å²) in [5, 5.41) is 3.16. The van der Waals surface area contributed by atoms with E-state index in [-0.39, 0.29) is 24.3 Å². The summed E-state index contributed by atoms with van der Waals surface area (Å²) in [6.07, 6.45) is 0. The largest absolute Gasteiger partial charge is 0.342 e. The van der Waals surface area contributed by atoms with Crippen LogP contribution in [0, 0.1) is 5.82 Å². The zero-order valence-corrected chi connectivity index (χ0v) is 13.1. The lowest BCUT2D eigenvalue weighted by Crippen LogP contribution is -2.38. The number of amides is 1. The zero-order chi connectivity index (χ0) is 14.4. The summed E-state index contributed by atoms with van der Waals surface area (Å²) in [5.41, 5.74) is 0.939. The lowest BCUT2D eigenvalue weighted by molar-refractivity contribution is -0.129. The highest BCUT2D eigenvalue weighted by Gasteiger charge is 2.13. The number of rotatable bonds is 6. The molecule has 0 aromatic heterocycles. The topological polar surface area (TPSA) is 32.3 Å². The minimum atomic E-state index is -0.276. The summed E-state index contributed by atoms with van der Waals surface area (Å²) in [6.45, 7) is 7.58. The van der Waals surface area contributed by atoms with Crippen LogP contribution in [0.3, 0.4) is 0 Å². The van der Waals surface area contributed by atoms with Crippen molar-refractivity contribution >= 4 is 21.8 Å². The number of benzene rings is 1. The molecular weight excluding hydrogens is 311 g/mol. The molecule has 0 bridgehead atoms. The SMILES string of the molecule is CCN(CC)C(=O)CNC(C)c1ccc(F)cc1Br. The molecule has 1 aromatic carbocycles. The fraction of sp³-hybridized carbons (Fsp3) is 0.500. The molecule has 1 unspecified atom stereocenters. The summed E-state index contributed by atoms with van der Waals surface area (Å²) < 4.78 is 13.7. The molecule has 1 atom stereocenters. The molecule has 0 aliphatic rings. The van der Waals surface area contributed by atoms with Crippen molar-refractivity contribution < 1.29 is 9.18 Å². The van der Waals surface area contributed by atoms with Crippen LogP contribution in [0.1, 0.15) is 32.4 Å². The molecule has 0 heterocycles. The lowest BCUT2D eigenvalue weighted by atomic mass is 10.1. The van der Waals surface area contributed by atoms with Crippen LogP contribution in [-0.4, -0.2) is 30.4 Å². The van der Waals surface area contributed by atoms with Crippen LogP contribution in [0.5, 0.6) is 0 Å². The molecule has 1 N–H and O–H groups in total. The Balaban J connectivity index is 2.60. The van der Waals surface area contributed by atoms with Crippen molar-refractivity contribution in [3.63, 3.8) is 0 Å². The first-order valence-corrected chi connectivity index (χ1v) is 7.25. The second kappa shape index (κ2) is 7.60. The zero-order valence-electron chi connectivity index (χ0n) is 11.5. The molecule has 0 saturated heterocycles. The van der Waals surface area contributed by atoms with E-state index in [2.05, 4.69) is 21.2 Å². The molecule has 19 heavy (non-hydrogen) atoms. The monoisotopic (exact) mass is 330 g/mol. The number of carbonyl (C=O) groups is 1. The highest BCUT2D eigenvalue weighted by Crippen LogP contribution is 2.23. The number of nitrogens with zero attached hydrogens (tertiary/aromatic N) is 1. The Kier molecular flexibility index (Phi) is 6.45. The van der Waals surface area contributed by atoms with E-state index in [0.717, 1.165) is 5.56 Å². The quantitative estimate of drug-likeness (QED) is 0.869. The van der Waals surface area contributed by atoms with Gasteiger partial charge in [0.15, 0.2) is 0 Å². The Morgan fingerprint density at radius 3 is 2.58 bits per heavy atom. The fourth-order valence-electron chi connectivity index (χ4n) is 1.89. The predicted octanol–water partition coefficient (Wildman–Crippen LogP) is 3.11. The second-order valence-corrected chi connectivity index (χ2v) is 5.19. The molecule has 1 rings (SSSR count).